The van der Waals surface area contributed by atoms with Crippen LogP contribution in [0.3, 0.4) is 0 Å². The van der Waals surface area contributed by atoms with Gasteiger partial charge in [0.25, 0.3) is 0 Å². The maximum atomic E-state index is 6.17. The van der Waals surface area contributed by atoms with Crippen LogP contribution in [0.25, 0.3) is 11.3 Å². The maximum absolute atomic E-state index is 6.17. The quantitative estimate of drug-likeness (QED) is 0.786. The number of rotatable bonds is 5. The predicted octanol–water partition coefficient (Wildman–Crippen LogP) is 3.17. The molecule has 3 aromatic rings. The van der Waals surface area contributed by atoms with Gasteiger partial charge in [0.1, 0.15) is 0 Å². The highest BCUT2D eigenvalue weighted by Gasteiger charge is 2.07. The van der Waals surface area contributed by atoms with Gasteiger partial charge in [-0.3, -0.25) is 4.68 Å². The molecule has 1 aromatic carbocycles. The number of nitrogens with zero attached hydrogens (tertiary/aromatic N) is 4. The Hall–Kier alpha value is -1.92. The molecule has 0 bridgehead atoms. The zero-order valence-corrected chi connectivity index (χ0v) is 12.1. The van der Waals surface area contributed by atoms with Crippen LogP contribution in [0, 0.1) is 0 Å². The summed E-state index contributed by atoms with van der Waals surface area (Å²) in [7, 11) is 0. The van der Waals surface area contributed by atoms with Gasteiger partial charge in [-0.1, -0.05) is 35.0 Å². The van der Waals surface area contributed by atoms with E-state index in [4.69, 9.17) is 11.6 Å². The largest absolute Gasteiger partial charge is 0.360 e. The Labute approximate surface area is 125 Å². The number of halogens is 1. The Kier molecular flexibility index (Phi) is 3.94. The summed E-state index contributed by atoms with van der Waals surface area (Å²) in [5.41, 5.74) is 1.85. The highest BCUT2D eigenvalue weighted by atomic mass is 35.5. The van der Waals surface area contributed by atoms with Crippen LogP contribution in [-0.4, -0.2) is 26.5 Å². The van der Waals surface area contributed by atoms with Crippen LogP contribution in [0.15, 0.2) is 42.0 Å². The van der Waals surface area contributed by atoms with Crippen LogP contribution in [0.4, 0.5) is 5.13 Å². The van der Waals surface area contributed by atoms with Crippen molar-refractivity contribution in [3.8, 4) is 11.3 Å². The lowest BCUT2D eigenvalue weighted by atomic mass is 10.2. The molecular formula is C13H12ClN5S. The van der Waals surface area contributed by atoms with E-state index < -0.39 is 0 Å². The first-order chi connectivity index (χ1) is 9.83. The van der Waals surface area contributed by atoms with Crippen LogP contribution in [0.5, 0.6) is 0 Å². The van der Waals surface area contributed by atoms with E-state index in [1.54, 1.807) is 22.2 Å². The van der Waals surface area contributed by atoms with Crippen molar-refractivity contribution < 1.29 is 0 Å². The molecule has 0 saturated carbocycles. The topological polar surface area (TPSA) is 55.6 Å². The van der Waals surface area contributed by atoms with Crippen LogP contribution < -0.4 is 5.32 Å². The van der Waals surface area contributed by atoms with Crippen molar-refractivity contribution in [2.24, 2.45) is 0 Å². The van der Waals surface area contributed by atoms with E-state index >= 15 is 0 Å². The van der Waals surface area contributed by atoms with Crippen molar-refractivity contribution in [3.63, 3.8) is 0 Å². The lowest BCUT2D eigenvalue weighted by Crippen LogP contribution is -2.10. The minimum Gasteiger partial charge on any atom is -0.360 e. The zero-order chi connectivity index (χ0) is 13.8. The lowest BCUT2D eigenvalue weighted by Gasteiger charge is -2.02. The summed E-state index contributed by atoms with van der Waals surface area (Å²) in [6.07, 6.45) is 3.50. The standard InChI is InChI=1S/C13H12ClN5S/c14-11-4-2-1-3-10(11)12-9-20-13(17-12)15-5-7-19-8-6-16-18-19/h1-4,6,8-9H,5,7H2,(H,15,17). The molecule has 0 aliphatic carbocycles. The molecule has 0 spiro atoms. The molecule has 3 rings (SSSR count). The Morgan fingerprint density at radius 3 is 3.00 bits per heavy atom. The molecule has 0 fully saturated rings. The van der Waals surface area contributed by atoms with Crippen LogP contribution in [0.1, 0.15) is 0 Å². The highest BCUT2D eigenvalue weighted by Crippen LogP contribution is 2.30. The van der Waals surface area contributed by atoms with Crippen LogP contribution >= 0.6 is 22.9 Å². The lowest BCUT2D eigenvalue weighted by molar-refractivity contribution is 0.609. The number of hydrogen-bond acceptors (Lipinski definition) is 5. The molecular weight excluding hydrogens is 294 g/mol. The van der Waals surface area contributed by atoms with Crippen LogP contribution in [0.2, 0.25) is 5.02 Å². The second-order valence-corrected chi connectivity index (χ2v) is 5.38. The molecule has 7 heteroatoms. The maximum Gasteiger partial charge on any atom is 0.183 e. The molecule has 2 aromatic heterocycles. The Balaban J connectivity index is 1.64. The normalized spacial score (nSPS) is 10.7. The highest BCUT2D eigenvalue weighted by molar-refractivity contribution is 7.14. The second kappa shape index (κ2) is 6.02. The van der Waals surface area contributed by atoms with Crippen LogP contribution in [-0.2, 0) is 6.54 Å². The zero-order valence-electron chi connectivity index (χ0n) is 10.5. The van der Waals surface area contributed by atoms with Crippen molar-refractivity contribution >= 4 is 28.1 Å². The third kappa shape index (κ3) is 2.97. The fourth-order valence-corrected chi connectivity index (χ4v) is 2.75. The van der Waals surface area contributed by atoms with E-state index in [1.165, 1.54) is 0 Å². The minimum absolute atomic E-state index is 0.715. The smallest absolute Gasteiger partial charge is 0.183 e. The molecule has 0 aliphatic heterocycles. The van der Waals surface area contributed by atoms with Crippen molar-refractivity contribution in [1.29, 1.82) is 0 Å². The van der Waals surface area contributed by atoms with Gasteiger partial charge >= 0.3 is 0 Å². The third-order valence-corrected chi connectivity index (χ3v) is 3.87. The van der Waals surface area contributed by atoms with Gasteiger partial charge in [-0.05, 0) is 6.07 Å². The molecule has 0 amide bonds. The van der Waals surface area contributed by atoms with Gasteiger partial charge in [0.05, 0.1) is 18.4 Å². The number of benzene rings is 1. The third-order valence-electron chi connectivity index (χ3n) is 2.74. The Morgan fingerprint density at radius 2 is 2.20 bits per heavy atom. The van der Waals surface area contributed by atoms with Gasteiger partial charge in [0, 0.05) is 28.7 Å². The summed E-state index contributed by atoms with van der Waals surface area (Å²) >= 11 is 7.73. The molecule has 0 saturated heterocycles. The SMILES string of the molecule is Clc1ccccc1-c1csc(NCCn2ccnn2)n1. The molecule has 1 N–H and O–H groups in total. The molecule has 0 radical (unpaired) electrons. The second-order valence-electron chi connectivity index (χ2n) is 4.11. The van der Waals surface area contributed by atoms with E-state index in [1.807, 2.05) is 35.8 Å². The fraction of sp³-hybridized carbons (Fsp3) is 0.154. The molecule has 20 heavy (non-hydrogen) atoms. The van der Waals surface area contributed by atoms with E-state index in [-0.39, 0.29) is 0 Å². The van der Waals surface area contributed by atoms with Crippen molar-refractivity contribution in [2.75, 3.05) is 11.9 Å². The van der Waals surface area contributed by atoms with Gasteiger partial charge in [0.15, 0.2) is 5.13 Å². The van der Waals surface area contributed by atoms with Crippen molar-refractivity contribution in [3.05, 3.63) is 47.1 Å². The van der Waals surface area contributed by atoms with Gasteiger partial charge in [-0.2, -0.15) is 0 Å². The summed E-state index contributed by atoms with van der Waals surface area (Å²) < 4.78 is 1.77. The molecule has 0 atom stereocenters. The van der Waals surface area contributed by atoms with Gasteiger partial charge in [0.2, 0.25) is 0 Å². The van der Waals surface area contributed by atoms with Gasteiger partial charge in [-0.15, -0.1) is 16.4 Å². The minimum atomic E-state index is 0.715. The van der Waals surface area contributed by atoms with E-state index in [0.29, 0.717) is 5.02 Å². The average Bonchev–Trinajstić information content (AvgIpc) is 3.11. The summed E-state index contributed by atoms with van der Waals surface area (Å²) in [6, 6.07) is 7.71. The number of aromatic nitrogens is 4. The van der Waals surface area contributed by atoms with Crippen molar-refractivity contribution in [1.82, 2.24) is 20.0 Å². The number of hydrogen-bond donors (Lipinski definition) is 1. The predicted molar refractivity (Wildman–Crippen MR) is 81.1 cm³/mol. The van der Waals surface area contributed by atoms with E-state index in [9.17, 15) is 0 Å². The Bertz CT molecular complexity index is 680. The van der Waals surface area contributed by atoms with Crippen molar-refractivity contribution in [2.45, 2.75) is 6.54 Å². The fourth-order valence-electron chi connectivity index (χ4n) is 1.78. The van der Waals surface area contributed by atoms with Gasteiger partial charge < -0.3 is 5.32 Å². The Morgan fingerprint density at radius 1 is 1.30 bits per heavy atom. The first-order valence-corrected chi connectivity index (χ1v) is 7.37. The molecule has 0 aliphatic rings. The summed E-state index contributed by atoms with van der Waals surface area (Å²) in [6.45, 7) is 1.50. The number of thiazole rings is 1. The average molecular weight is 306 g/mol. The first kappa shape index (κ1) is 13.1. The summed E-state index contributed by atoms with van der Waals surface area (Å²) in [5, 5.41) is 14.5. The monoisotopic (exact) mass is 305 g/mol. The summed E-state index contributed by atoms with van der Waals surface area (Å²) in [4.78, 5) is 4.54. The van der Waals surface area contributed by atoms with E-state index in [0.717, 1.165) is 29.5 Å². The van der Waals surface area contributed by atoms with E-state index in [2.05, 4.69) is 20.6 Å². The number of anilines is 1. The molecule has 102 valence electrons. The summed E-state index contributed by atoms with van der Waals surface area (Å²) in [5.74, 6) is 0. The van der Waals surface area contributed by atoms with Gasteiger partial charge in [-0.25, -0.2) is 4.98 Å². The molecule has 2 heterocycles. The molecule has 0 unspecified atom stereocenters. The molecule has 5 nitrogen and oxygen atoms in total. The first-order valence-electron chi connectivity index (χ1n) is 6.11. The number of nitrogens with one attached hydrogen (secondary N) is 1.